The maximum atomic E-state index is 12.3. The van der Waals surface area contributed by atoms with Gasteiger partial charge in [0.1, 0.15) is 0 Å². The fourth-order valence-electron chi connectivity index (χ4n) is 1.53. The lowest BCUT2D eigenvalue weighted by molar-refractivity contribution is -0.137. The summed E-state index contributed by atoms with van der Waals surface area (Å²) >= 11 is 0. The quantitative estimate of drug-likeness (QED) is 0.609. The van der Waals surface area contributed by atoms with Crippen molar-refractivity contribution in [1.29, 1.82) is 0 Å². The number of alkyl halides is 3. The number of hydrogen-bond acceptors (Lipinski definition) is 1. The predicted octanol–water partition coefficient (Wildman–Crippen LogP) is 4.49. The number of halogens is 3. The van der Waals surface area contributed by atoms with Crippen molar-refractivity contribution in [2.45, 2.75) is 38.5 Å². The van der Waals surface area contributed by atoms with E-state index in [-0.39, 0.29) is 0 Å². The summed E-state index contributed by atoms with van der Waals surface area (Å²) in [6.45, 7) is 2.07. The predicted molar refractivity (Wildman–Crippen MR) is 65.1 cm³/mol. The van der Waals surface area contributed by atoms with Gasteiger partial charge in [0.2, 0.25) is 0 Å². The number of aliphatic hydroxyl groups is 1. The van der Waals surface area contributed by atoms with Gasteiger partial charge in [-0.05, 0) is 24.1 Å². The Morgan fingerprint density at radius 3 is 2.33 bits per heavy atom. The van der Waals surface area contributed by atoms with Crippen LogP contribution in [0.1, 0.15) is 43.4 Å². The molecule has 4 heteroatoms. The van der Waals surface area contributed by atoms with Crippen LogP contribution in [0.2, 0.25) is 0 Å². The highest BCUT2D eigenvalue weighted by molar-refractivity contribution is 5.27. The third-order valence-corrected chi connectivity index (χ3v) is 2.62. The summed E-state index contributed by atoms with van der Waals surface area (Å²) < 4.78 is 37.0. The fourth-order valence-corrected chi connectivity index (χ4v) is 1.53. The fraction of sp³-hybridized carbons (Fsp3) is 0.429. The third kappa shape index (κ3) is 4.53. The van der Waals surface area contributed by atoms with Gasteiger partial charge in [0.15, 0.2) is 0 Å². The SMILES string of the molecule is CCCC/C=C/C(O)c1ccc(C(F)(F)F)cc1. The summed E-state index contributed by atoms with van der Waals surface area (Å²) in [5.74, 6) is 0. The van der Waals surface area contributed by atoms with Crippen molar-refractivity contribution in [1.82, 2.24) is 0 Å². The molecule has 1 aromatic carbocycles. The first kappa shape index (κ1) is 14.8. The first-order valence-corrected chi connectivity index (χ1v) is 5.97. The molecule has 0 amide bonds. The Morgan fingerprint density at radius 2 is 1.83 bits per heavy atom. The van der Waals surface area contributed by atoms with Gasteiger partial charge in [-0.15, -0.1) is 0 Å². The number of rotatable bonds is 5. The van der Waals surface area contributed by atoms with E-state index in [1.165, 1.54) is 12.1 Å². The number of aliphatic hydroxyl groups excluding tert-OH is 1. The molecule has 100 valence electrons. The Hall–Kier alpha value is -1.29. The van der Waals surface area contributed by atoms with E-state index >= 15 is 0 Å². The highest BCUT2D eigenvalue weighted by Gasteiger charge is 2.30. The Labute approximate surface area is 105 Å². The van der Waals surface area contributed by atoms with E-state index in [1.54, 1.807) is 6.08 Å². The van der Waals surface area contributed by atoms with Crippen LogP contribution in [-0.4, -0.2) is 5.11 Å². The van der Waals surface area contributed by atoms with Gasteiger partial charge >= 0.3 is 6.18 Å². The second-order valence-corrected chi connectivity index (χ2v) is 4.13. The maximum Gasteiger partial charge on any atom is 0.416 e. The number of allylic oxidation sites excluding steroid dienone is 1. The van der Waals surface area contributed by atoms with E-state index in [0.717, 1.165) is 31.4 Å². The molecular formula is C14H17F3O. The molecule has 1 N–H and O–H groups in total. The molecule has 1 rings (SSSR count). The molecule has 0 fully saturated rings. The highest BCUT2D eigenvalue weighted by atomic mass is 19.4. The molecule has 1 unspecified atom stereocenters. The lowest BCUT2D eigenvalue weighted by Crippen LogP contribution is -2.05. The van der Waals surface area contributed by atoms with Crippen molar-refractivity contribution >= 4 is 0 Å². The van der Waals surface area contributed by atoms with Crippen LogP contribution < -0.4 is 0 Å². The van der Waals surface area contributed by atoms with E-state index in [2.05, 4.69) is 6.92 Å². The molecule has 0 heterocycles. The second kappa shape index (κ2) is 6.59. The van der Waals surface area contributed by atoms with Gasteiger partial charge in [0, 0.05) is 0 Å². The van der Waals surface area contributed by atoms with Crippen LogP contribution in [0.3, 0.4) is 0 Å². The average molecular weight is 258 g/mol. The van der Waals surface area contributed by atoms with Crippen molar-refractivity contribution in [2.75, 3.05) is 0 Å². The number of unbranched alkanes of at least 4 members (excludes halogenated alkanes) is 2. The van der Waals surface area contributed by atoms with Crippen LogP contribution in [-0.2, 0) is 6.18 Å². The molecular weight excluding hydrogens is 241 g/mol. The zero-order chi connectivity index (χ0) is 13.6. The summed E-state index contributed by atoms with van der Waals surface area (Å²) in [5, 5.41) is 9.75. The Balaban J connectivity index is 2.64. The van der Waals surface area contributed by atoms with Crippen LogP contribution in [0.25, 0.3) is 0 Å². The molecule has 0 saturated carbocycles. The number of hydrogen-bond donors (Lipinski definition) is 1. The maximum absolute atomic E-state index is 12.3. The first-order chi connectivity index (χ1) is 8.45. The zero-order valence-corrected chi connectivity index (χ0v) is 10.2. The lowest BCUT2D eigenvalue weighted by Gasteiger charge is -2.09. The van der Waals surface area contributed by atoms with Gasteiger partial charge in [0.05, 0.1) is 11.7 Å². The topological polar surface area (TPSA) is 20.2 Å². The minimum atomic E-state index is -4.33. The standard InChI is InChI=1S/C14H17F3O/c1-2-3-4-5-6-13(18)11-7-9-12(10-8-11)14(15,16)17/h5-10,13,18H,2-4H2,1H3/b6-5+. The minimum absolute atomic E-state index is 0.468. The molecule has 18 heavy (non-hydrogen) atoms. The van der Waals surface area contributed by atoms with Gasteiger partial charge in [-0.2, -0.15) is 13.2 Å². The van der Waals surface area contributed by atoms with Gasteiger partial charge in [-0.3, -0.25) is 0 Å². The Kier molecular flexibility index (Phi) is 5.41. The van der Waals surface area contributed by atoms with E-state index < -0.39 is 17.8 Å². The highest BCUT2D eigenvalue weighted by Crippen LogP contribution is 2.30. The largest absolute Gasteiger partial charge is 0.416 e. The van der Waals surface area contributed by atoms with E-state index in [9.17, 15) is 18.3 Å². The molecule has 0 aliphatic rings. The Bertz CT molecular complexity index is 379. The molecule has 0 aromatic heterocycles. The molecule has 0 bridgehead atoms. The molecule has 1 atom stereocenters. The van der Waals surface area contributed by atoms with Crippen molar-refractivity contribution in [3.63, 3.8) is 0 Å². The van der Waals surface area contributed by atoms with Gasteiger partial charge in [-0.25, -0.2) is 0 Å². The van der Waals surface area contributed by atoms with Gasteiger partial charge < -0.3 is 5.11 Å². The molecule has 0 radical (unpaired) electrons. The van der Waals surface area contributed by atoms with Crippen molar-refractivity contribution in [3.8, 4) is 0 Å². The average Bonchev–Trinajstić information content (AvgIpc) is 2.33. The third-order valence-electron chi connectivity index (χ3n) is 2.62. The molecule has 0 aliphatic carbocycles. The minimum Gasteiger partial charge on any atom is -0.384 e. The molecule has 0 spiro atoms. The number of benzene rings is 1. The van der Waals surface area contributed by atoms with Crippen molar-refractivity contribution in [3.05, 3.63) is 47.5 Å². The molecule has 1 aromatic rings. The van der Waals surface area contributed by atoms with Crippen LogP contribution in [0.4, 0.5) is 13.2 Å². The summed E-state index contributed by atoms with van der Waals surface area (Å²) in [6.07, 6.45) is 1.26. The zero-order valence-electron chi connectivity index (χ0n) is 10.2. The van der Waals surface area contributed by atoms with E-state index in [4.69, 9.17) is 0 Å². The molecule has 0 aliphatic heterocycles. The molecule has 1 nitrogen and oxygen atoms in total. The Morgan fingerprint density at radius 1 is 1.22 bits per heavy atom. The summed E-state index contributed by atoms with van der Waals surface area (Å²) in [4.78, 5) is 0. The van der Waals surface area contributed by atoms with Crippen molar-refractivity contribution < 1.29 is 18.3 Å². The van der Waals surface area contributed by atoms with Crippen LogP contribution >= 0.6 is 0 Å². The second-order valence-electron chi connectivity index (χ2n) is 4.13. The van der Waals surface area contributed by atoms with E-state index in [1.807, 2.05) is 6.08 Å². The van der Waals surface area contributed by atoms with Crippen LogP contribution in [0, 0.1) is 0 Å². The molecule has 0 saturated heterocycles. The van der Waals surface area contributed by atoms with E-state index in [0.29, 0.717) is 5.56 Å². The van der Waals surface area contributed by atoms with Crippen molar-refractivity contribution in [2.24, 2.45) is 0 Å². The van der Waals surface area contributed by atoms with Gasteiger partial charge in [0.25, 0.3) is 0 Å². The van der Waals surface area contributed by atoms with Crippen LogP contribution in [0.15, 0.2) is 36.4 Å². The monoisotopic (exact) mass is 258 g/mol. The normalized spacial score (nSPS) is 14.1. The smallest absolute Gasteiger partial charge is 0.384 e. The van der Waals surface area contributed by atoms with Crippen LogP contribution in [0.5, 0.6) is 0 Å². The lowest BCUT2D eigenvalue weighted by atomic mass is 10.1. The first-order valence-electron chi connectivity index (χ1n) is 5.97. The van der Waals surface area contributed by atoms with Gasteiger partial charge in [-0.1, -0.05) is 44.1 Å². The summed E-state index contributed by atoms with van der Waals surface area (Å²) in [6, 6.07) is 4.58. The summed E-state index contributed by atoms with van der Waals surface area (Å²) in [7, 11) is 0. The summed E-state index contributed by atoms with van der Waals surface area (Å²) in [5.41, 5.74) is -0.232.